The van der Waals surface area contributed by atoms with E-state index in [0.29, 0.717) is 5.56 Å². The third kappa shape index (κ3) is 5.08. The van der Waals surface area contributed by atoms with Gasteiger partial charge < -0.3 is 25.1 Å². The highest BCUT2D eigenvalue weighted by atomic mass is 31.2. The van der Waals surface area contributed by atoms with Crippen molar-refractivity contribution < 1.29 is 19.3 Å². The Morgan fingerprint density at radius 3 is 2.37 bits per heavy atom. The molecule has 12 heteroatoms. The number of aryl methyl sites for hydroxylation is 1. The summed E-state index contributed by atoms with van der Waals surface area (Å²) in [5.41, 5.74) is -0.00690. The third-order valence-electron chi connectivity index (χ3n) is 4.55. The van der Waals surface area contributed by atoms with Crippen LogP contribution in [0, 0.1) is 17.0 Å². The normalized spacial score (nSPS) is 12.8. The Morgan fingerprint density at radius 1 is 1.13 bits per heavy atom. The van der Waals surface area contributed by atoms with Gasteiger partial charge in [-0.3, -0.25) is 24.3 Å². The average Bonchev–Trinajstić information content (AvgIpc) is 2.65. The Balaban J connectivity index is 2.02. The predicted molar refractivity (Wildman–Crippen MR) is 110 cm³/mol. The van der Waals surface area contributed by atoms with E-state index in [9.17, 15) is 34.1 Å². The maximum atomic E-state index is 11.7. The minimum Gasteiger partial charge on any atom is -0.324 e. The maximum absolute atomic E-state index is 11.7. The molecule has 1 aromatic heterocycles. The first-order valence-corrected chi connectivity index (χ1v) is 10.6. The quantitative estimate of drug-likeness (QED) is 0.160. The Kier molecular flexibility index (Phi) is 5.99. The SMILES string of the molecule is Cc1ccc(C(CP(=O)(O)O)NCc2cc([N+](=O)[O-])cc3[nH]c(=O)c(=O)[nH]c23)cc1. The number of nitrogens with zero attached hydrogens (tertiary/aromatic N) is 1. The fraction of sp³-hybridized carbons (Fsp3) is 0.222. The molecule has 0 bridgehead atoms. The number of nitro groups is 1. The molecule has 0 amide bonds. The van der Waals surface area contributed by atoms with Crippen molar-refractivity contribution in [2.45, 2.75) is 19.5 Å². The minimum atomic E-state index is -4.38. The van der Waals surface area contributed by atoms with Crippen molar-refractivity contribution in [3.8, 4) is 0 Å². The molecule has 30 heavy (non-hydrogen) atoms. The van der Waals surface area contributed by atoms with Gasteiger partial charge >= 0.3 is 18.7 Å². The molecule has 0 saturated carbocycles. The first-order chi connectivity index (χ1) is 14.0. The molecule has 1 unspecified atom stereocenters. The van der Waals surface area contributed by atoms with Gasteiger partial charge in [0.2, 0.25) is 0 Å². The van der Waals surface area contributed by atoms with Gasteiger partial charge in [-0.15, -0.1) is 0 Å². The van der Waals surface area contributed by atoms with E-state index in [4.69, 9.17) is 0 Å². The van der Waals surface area contributed by atoms with E-state index in [1.807, 2.05) is 6.92 Å². The lowest BCUT2D eigenvalue weighted by atomic mass is 10.1. The molecule has 0 spiro atoms. The second-order valence-corrected chi connectivity index (χ2v) is 8.58. The van der Waals surface area contributed by atoms with Gasteiger partial charge in [0, 0.05) is 24.7 Å². The Bertz CT molecular complexity index is 1260. The molecule has 0 aliphatic rings. The van der Waals surface area contributed by atoms with Crippen LogP contribution in [0.15, 0.2) is 46.0 Å². The number of hydrogen-bond acceptors (Lipinski definition) is 6. The summed E-state index contributed by atoms with van der Waals surface area (Å²) in [7, 11) is -4.38. The number of nitro benzene ring substituents is 1. The molecule has 158 valence electrons. The van der Waals surface area contributed by atoms with Crippen molar-refractivity contribution in [3.63, 3.8) is 0 Å². The summed E-state index contributed by atoms with van der Waals surface area (Å²) in [4.78, 5) is 57.5. The second-order valence-electron chi connectivity index (χ2n) is 6.88. The van der Waals surface area contributed by atoms with Gasteiger partial charge in [-0.25, -0.2) is 0 Å². The standard InChI is InChI=1S/C18H19N4O7P/c1-10-2-4-11(5-3-10)15(9-30(27,28)29)19-8-12-6-13(22(25)26)7-14-16(12)21-18(24)17(23)20-14/h2-7,15,19H,8-9H2,1H3,(H,20,23)(H,21,24)(H2,27,28,29). The zero-order valence-corrected chi connectivity index (χ0v) is 16.7. The van der Waals surface area contributed by atoms with Gasteiger partial charge in [0.15, 0.2) is 0 Å². The molecular weight excluding hydrogens is 415 g/mol. The van der Waals surface area contributed by atoms with Crippen LogP contribution in [-0.2, 0) is 11.1 Å². The van der Waals surface area contributed by atoms with Crippen LogP contribution in [0.25, 0.3) is 11.0 Å². The second kappa shape index (κ2) is 8.33. The first kappa shape index (κ1) is 21.6. The number of hydrogen-bond donors (Lipinski definition) is 5. The highest BCUT2D eigenvalue weighted by Gasteiger charge is 2.23. The van der Waals surface area contributed by atoms with Crippen molar-refractivity contribution in [2.75, 3.05) is 6.16 Å². The fourth-order valence-electron chi connectivity index (χ4n) is 3.08. The average molecular weight is 434 g/mol. The van der Waals surface area contributed by atoms with Crippen LogP contribution in [0.3, 0.4) is 0 Å². The summed E-state index contributed by atoms with van der Waals surface area (Å²) in [5, 5.41) is 14.2. The number of aromatic nitrogens is 2. The smallest absolute Gasteiger partial charge is 0.324 e. The van der Waals surface area contributed by atoms with Crippen LogP contribution < -0.4 is 16.4 Å². The predicted octanol–water partition coefficient (Wildman–Crippen LogP) is 1.44. The van der Waals surface area contributed by atoms with E-state index >= 15 is 0 Å². The summed E-state index contributed by atoms with van der Waals surface area (Å²) < 4.78 is 11.6. The van der Waals surface area contributed by atoms with Crippen molar-refractivity contribution in [3.05, 3.63) is 83.9 Å². The summed E-state index contributed by atoms with van der Waals surface area (Å²) in [6, 6.07) is 8.66. The number of non-ortho nitro benzene ring substituents is 1. The molecule has 1 atom stereocenters. The van der Waals surface area contributed by atoms with Crippen LogP contribution in [0.2, 0.25) is 0 Å². The molecule has 0 aliphatic heterocycles. The molecule has 0 radical (unpaired) electrons. The summed E-state index contributed by atoms with van der Waals surface area (Å²) in [5.74, 6) is 0. The summed E-state index contributed by atoms with van der Waals surface area (Å²) in [6.07, 6.45) is -0.490. The van der Waals surface area contributed by atoms with Gasteiger partial charge in [-0.2, -0.15) is 0 Å². The minimum absolute atomic E-state index is 0.0568. The van der Waals surface area contributed by atoms with Gasteiger partial charge in [0.25, 0.3) is 5.69 Å². The highest BCUT2D eigenvalue weighted by molar-refractivity contribution is 7.51. The van der Waals surface area contributed by atoms with Crippen LogP contribution in [0.1, 0.15) is 22.7 Å². The van der Waals surface area contributed by atoms with E-state index in [1.54, 1.807) is 24.3 Å². The van der Waals surface area contributed by atoms with E-state index < -0.39 is 35.8 Å². The van der Waals surface area contributed by atoms with Gasteiger partial charge in [-0.05, 0) is 18.1 Å². The van der Waals surface area contributed by atoms with E-state index in [-0.39, 0.29) is 28.8 Å². The lowest BCUT2D eigenvalue weighted by Crippen LogP contribution is -2.30. The Hall–Kier alpha value is -3.11. The fourth-order valence-corrected chi connectivity index (χ4v) is 3.90. The number of H-pyrrole nitrogens is 2. The Morgan fingerprint density at radius 2 is 1.77 bits per heavy atom. The number of benzene rings is 2. The van der Waals surface area contributed by atoms with Crippen molar-refractivity contribution in [1.29, 1.82) is 0 Å². The topological polar surface area (TPSA) is 178 Å². The van der Waals surface area contributed by atoms with Crippen molar-refractivity contribution in [1.82, 2.24) is 15.3 Å². The van der Waals surface area contributed by atoms with E-state index in [0.717, 1.165) is 11.6 Å². The number of rotatable bonds is 7. The lowest BCUT2D eigenvalue weighted by Gasteiger charge is -2.20. The number of nitrogens with one attached hydrogen (secondary N) is 3. The van der Waals surface area contributed by atoms with Gasteiger partial charge in [0.05, 0.1) is 22.1 Å². The molecule has 0 fully saturated rings. The molecule has 2 aromatic carbocycles. The van der Waals surface area contributed by atoms with E-state index in [2.05, 4.69) is 15.3 Å². The Labute approximate surface area is 169 Å². The zero-order chi connectivity index (χ0) is 22.1. The van der Waals surface area contributed by atoms with Crippen molar-refractivity contribution >= 4 is 24.3 Å². The van der Waals surface area contributed by atoms with Crippen LogP contribution >= 0.6 is 7.60 Å². The third-order valence-corrected chi connectivity index (χ3v) is 5.39. The molecule has 3 aromatic rings. The monoisotopic (exact) mass is 434 g/mol. The summed E-state index contributed by atoms with van der Waals surface area (Å²) >= 11 is 0. The maximum Gasteiger partial charge on any atom is 0.327 e. The van der Waals surface area contributed by atoms with Crippen molar-refractivity contribution in [2.24, 2.45) is 0 Å². The van der Waals surface area contributed by atoms with E-state index in [1.165, 1.54) is 6.07 Å². The number of aromatic amines is 2. The largest absolute Gasteiger partial charge is 0.327 e. The molecular formula is C18H19N4O7P. The molecule has 0 aliphatic carbocycles. The molecule has 1 heterocycles. The van der Waals surface area contributed by atoms with Gasteiger partial charge in [-0.1, -0.05) is 29.8 Å². The zero-order valence-electron chi connectivity index (χ0n) is 15.8. The molecule has 11 nitrogen and oxygen atoms in total. The van der Waals surface area contributed by atoms with Crippen LogP contribution in [0.4, 0.5) is 5.69 Å². The summed E-state index contributed by atoms with van der Waals surface area (Å²) in [6.45, 7) is 1.82. The van der Waals surface area contributed by atoms with Crippen LogP contribution in [0.5, 0.6) is 0 Å². The molecule has 3 rings (SSSR count). The van der Waals surface area contributed by atoms with Crippen LogP contribution in [-0.4, -0.2) is 30.8 Å². The number of fused-ring (bicyclic) bond motifs is 1. The molecule has 5 N–H and O–H groups in total. The first-order valence-electron chi connectivity index (χ1n) is 8.81. The highest BCUT2D eigenvalue weighted by Crippen LogP contribution is 2.39. The lowest BCUT2D eigenvalue weighted by molar-refractivity contribution is -0.384. The molecule has 0 saturated heterocycles. The van der Waals surface area contributed by atoms with Gasteiger partial charge in [0.1, 0.15) is 0 Å².